The predicted molar refractivity (Wildman–Crippen MR) is 71.6 cm³/mol. The smallest absolute Gasteiger partial charge is 0.285 e. The maximum absolute atomic E-state index is 10.8. The molecule has 1 atom stereocenters. The standard InChI is InChI=1S/C14H16N2O2/c1-3-12-9-13(6-7-14(12)16(17)18)15-8-4-5-11(2)10-15/h1,6-7,9,11H,4-5,8,10H2,2H3. The number of terminal acetylenes is 1. The number of nitro groups is 1. The van der Waals surface area contributed by atoms with Crippen LogP contribution in [0.15, 0.2) is 18.2 Å². The van der Waals surface area contributed by atoms with Crippen molar-refractivity contribution >= 4 is 11.4 Å². The first-order valence-corrected chi connectivity index (χ1v) is 6.12. The number of rotatable bonds is 2. The molecule has 1 aliphatic heterocycles. The Bertz CT molecular complexity index is 505. The highest BCUT2D eigenvalue weighted by molar-refractivity contribution is 5.60. The zero-order valence-corrected chi connectivity index (χ0v) is 10.4. The maximum atomic E-state index is 10.8. The minimum atomic E-state index is -0.433. The normalized spacial score (nSPS) is 19.3. The van der Waals surface area contributed by atoms with Crippen LogP contribution in [0.25, 0.3) is 0 Å². The first-order valence-electron chi connectivity index (χ1n) is 6.12. The Labute approximate surface area is 107 Å². The average molecular weight is 244 g/mol. The van der Waals surface area contributed by atoms with Crippen molar-refractivity contribution < 1.29 is 4.92 Å². The lowest BCUT2D eigenvalue weighted by Gasteiger charge is -2.32. The molecule has 94 valence electrons. The molecular formula is C14H16N2O2. The summed E-state index contributed by atoms with van der Waals surface area (Å²) in [4.78, 5) is 12.6. The molecule has 0 amide bonds. The Hall–Kier alpha value is -2.02. The Kier molecular flexibility index (Phi) is 3.52. The minimum absolute atomic E-state index is 0.00584. The molecule has 1 aromatic carbocycles. The molecule has 0 bridgehead atoms. The van der Waals surface area contributed by atoms with Crippen LogP contribution in [0.3, 0.4) is 0 Å². The van der Waals surface area contributed by atoms with E-state index in [9.17, 15) is 10.1 Å². The monoisotopic (exact) mass is 244 g/mol. The summed E-state index contributed by atoms with van der Waals surface area (Å²) in [6.45, 7) is 4.20. The van der Waals surface area contributed by atoms with Gasteiger partial charge in [0.25, 0.3) is 5.69 Å². The van der Waals surface area contributed by atoms with Crippen LogP contribution < -0.4 is 4.90 Å². The molecule has 0 aromatic heterocycles. The highest BCUT2D eigenvalue weighted by Crippen LogP contribution is 2.27. The van der Waals surface area contributed by atoms with Gasteiger partial charge in [-0.05, 0) is 30.9 Å². The van der Waals surface area contributed by atoms with Crippen molar-refractivity contribution in [3.63, 3.8) is 0 Å². The van der Waals surface area contributed by atoms with E-state index in [1.54, 1.807) is 12.1 Å². The molecule has 0 aliphatic carbocycles. The van der Waals surface area contributed by atoms with E-state index in [1.165, 1.54) is 12.5 Å². The summed E-state index contributed by atoms with van der Waals surface area (Å²) in [6.07, 6.45) is 7.74. The highest BCUT2D eigenvalue weighted by Gasteiger charge is 2.19. The molecule has 1 saturated heterocycles. The lowest BCUT2D eigenvalue weighted by Crippen LogP contribution is -2.34. The molecule has 0 radical (unpaired) electrons. The fraction of sp³-hybridized carbons (Fsp3) is 0.429. The second-order valence-corrected chi connectivity index (χ2v) is 4.80. The second kappa shape index (κ2) is 5.09. The van der Waals surface area contributed by atoms with Gasteiger partial charge < -0.3 is 4.90 Å². The van der Waals surface area contributed by atoms with Gasteiger partial charge in [0.15, 0.2) is 0 Å². The van der Waals surface area contributed by atoms with Crippen LogP contribution in [0, 0.1) is 28.4 Å². The Balaban J connectivity index is 2.30. The SMILES string of the molecule is C#Cc1cc(N2CCCC(C)C2)ccc1[N+](=O)[O-]. The van der Waals surface area contributed by atoms with Gasteiger partial charge in [-0.15, -0.1) is 6.42 Å². The van der Waals surface area contributed by atoms with Gasteiger partial charge in [0, 0.05) is 24.8 Å². The fourth-order valence-corrected chi connectivity index (χ4v) is 2.42. The summed E-state index contributed by atoms with van der Waals surface area (Å²) in [5, 5.41) is 10.8. The summed E-state index contributed by atoms with van der Waals surface area (Å²) in [5.74, 6) is 3.06. The molecule has 1 aromatic rings. The zero-order chi connectivity index (χ0) is 13.1. The van der Waals surface area contributed by atoms with E-state index in [2.05, 4.69) is 17.7 Å². The van der Waals surface area contributed by atoms with Gasteiger partial charge in [0.05, 0.1) is 4.92 Å². The Morgan fingerprint density at radius 2 is 2.33 bits per heavy atom. The molecule has 0 spiro atoms. The second-order valence-electron chi connectivity index (χ2n) is 4.80. The molecule has 0 saturated carbocycles. The van der Waals surface area contributed by atoms with Gasteiger partial charge in [-0.2, -0.15) is 0 Å². The van der Waals surface area contributed by atoms with Crippen LogP contribution in [0.4, 0.5) is 11.4 Å². The quantitative estimate of drug-likeness (QED) is 0.456. The van der Waals surface area contributed by atoms with Gasteiger partial charge in [-0.25, -0.2) is 0 Å². The number of hydrogen-bond acceptors (Lipinski definition) is 3. The van der Waals surface area contributed by atoms with E-state index in [-0.39, 0.29) is 5.69 Å². The van der Waals surface area contributed by atoms with Crippen molar-refractivity contribution in [2.75, 3.05) is 18.0 Å². The van der Waals surface area contributed by atoms with Gasteiger partial charge in [0.1, 0.15) is 5.56 Å². The van der Waals surface area contributed by atoms with Crippen LogP contribution in [0.2, 0.25) is 0 Å². The van der Waals surface area contributed by atoms with Crippen LogP contribution in [0.5, 0.6) is 0 Å². The Morgan fingerprint density at radius 1 is 1.56 bits per heavy atom. The zero-order valence-electron chi connectivity index (χ0n) is 10.4. The van der Waals surface area contributed by atoms with Gasteiger partial charge in [-0.3, -0.25) is 10.1 Å². The van der Waals surface area contributed by atoms with Crippen molar-refractivity contribution in [3.05, 3.63) is 33.9 Å². The van der Waals surface area contributed by atoms with Gasteiger partial charge in [-0.1, -0.05) is 12.8 Å². The summed E-state index contributed by atoms with van der Waals surface area (Å²) in [7, 11) is 0. The van der Waals surface area contributed by atoms with E-state index in [0.29, 0.717) is 11.5 Å². The molecule has 4 heteroatoms. The molecular weight excluding hydrogens is 228 g/mol. The average Bonchev–Trinajstić information content (AvgIpc) is 2.37. The number of benzene rings is 1. The number of nitro benzene ring substituents is 1. The molecule has 1 heterocycles. The van der Waals surface area contributed by atoms with E-state index >= 15 is 0 Å². The third-order valence-electron chi connectivity index (χ3n) is 3.35. The molecule has 18 heavy (non-hydrogen) atoms. The first-order chi connectivity index (χ1) is 8.61. The minimum Gasteiger partial charge on any atom is -0.371 e. The van der Waals surface area contributed by atoms with Crippen LogP contribution in [-0.4, -0.2) is 18.0 Å². The van der Waals surface area contributed by atoms with Crippen molar-refractivity contribution in [2.45, 2.75) is 19.8 Å². The predicted octanol–water partition coefficient (Wildman–Crippen LogP) is 2.81. The van der Waals surface area contributed by atoms with E-state index in [4.69, 9.17) is 6.42 Å². The molecule has 1 unspecified atom stereocenters. The molecule has 0 N–H and O–H groups in total. The van der Waals surface area contributed by atoms with Crippen molar-refractivity contribution in [1.29, 1.82) is 0 Å². The lowest BCUT2D eigenvalue weighted by atomic mass is 9.99. The topological polar surface area (TPSA) is 46.4 Å². The Morgan fingerprint density at radius 3 is 2.94 bits per heavy atom. The molecule has 1 fully saturated rings. The van der Waals surface area contributed by atoms with Crippen molar-refractivity contribution in [2.24, 2.45) is 5.92 Å². The van der Waals surface area contributed by atoms with Crippen LogP contribution in [0.1, 0.15) is 25.3 Å². The van der Waals surface area contributed by atoms with Crippen molar-refractivity contribution in [3.8, 4) is 12.3 Å². The van der Waals surface area contributed by atoms with Crippen LogP contribution >= 0.6 is 0 Å². The number of piperidine rings is 1. The summed E-state index contributed by atoms with van der Waals surface area (Å²) in [6, 6.07) is 5.04. The third kappa shape index (κ3) is 2.45. The van der Waals surface area contributed by atoms with Gasteiger partial charge in [0.2, 0.25) is 0 Å². The summed E-state index contributed by atoms with van der Waals surface area (Å²) < 4.78 is 0. The molecule has 2 rings (SSSR count). The fourth-order valence-electron chi connectivity index (χ4n) is 2.42. The summed E-state index contributed by atoms with van der Waals surface area (Å²) >= 11 is 0. The molecule has 4 nitrogen and oxygen atoms in total. The van der Waals surface area contributed by atoms with E-state index in [0.717, 1.165) is 25.2 Å². The van der Waals surface area contributed by atoms with Gasteiger partial charge >= 0.3 is 0 Å². The highest BCUT2D eigenvalue weighted by atomic mass is 16.6. The summed E-state index contributed by atoms with van der Waals surface area (Å²) in [5.41, 5.74) is 1.35. The molecule has 1 aliphatic rings. The number of hydrogen-bond donors (Lipinski definition) is 0. The van der Waals surface area contributed by atoms with Crippen LogP contribution in [-0.2, 0) is 0 Å². The number of nitrogens with zero attached hydrogens (tertiary/aromatic N) is 2. The largest absolute Gasteiger partial charge is 0.371 e. The first kappa shape index (κ1) is 12.4. The number of anilines is 1. The van der Waals surface area contributed by atoms with E-state index < -0.39 is 4.92 Å². The van der Waals surface area contributed by atoms with E-state index in [1.807, 2.05) is 0 Å². The maximum Gasteiger partial charge on any atom is 0.285 e. The van der Waals surface area contributed by atoms with Crippen molar-refractivity contribution in [1.82, 2.24) is 0 Å². The third-order valence-corrected chi connectivity index (χ3v) is 3.35. The lowest BCUT2D eigenvalue weighted by molar-refractivity contribution is -0.385.